The number of fused-ring (bicyclic) bond motifs is 2. The molecular formula is C31H38IN2O10S2-. The second-order valence-corrected chi connectivity index (χ2v) is 16.7. The van der Waals surface area contributed by atoms with Crippen molar-refractivity contribution >= 4 is 43.4 Å². The van der Waals surface area contributed by atoms with Crippen molar-refractivity contribution in [2.75, 3.05) is 31.3 Å². The third-order valence-corrected chi connectivity index (χ3v) is 10.8. The fraction of sp³-hybridized carbons (Fsp3) is 0.548. The van der Waals surface area contributed by atoms with E-state index in [1.165, 1.54) is 35.7 Å². The number of hydrogen-bond donors (Lipinski definition) is 0. The predicted molar refractivity (Wildman–Crippen MR) is 168 cm³/mol. The van der Waals surface area contributed by atoms with Gasteiger partial charge in [0.15, 0.2) is 0 Å². The van der Waals surface area contributed by atoms with Gasteiger partial charge in [-0.15, -0.1) is 11.8 Å². The number of ether oxygens (including phenoxy) is 4. The molecule has 0 radical (unpaired) electrons. The van der Waals surface area contributed by atoms with Crippen LogP contribution in [0.3, 0.4) is 0 Å². The molecule has 0 aliphatic carbocycles. The van der Waals surface area contributed by atoms with Crippen LogP contribution in [0.15, 0.2) is 43.9 Å². The molecule has 2 aliphatic heterocycles. The molecule has 0 saturated carbocycles. The van der Waals surface area contributed by atoms with Crippen molar-refractivity contribution < 1.29 is 59.3 Å². The quantitative estimate of drug-likeness (QED) is 0.0855. The molecule has 0 bridgehead atoms. The molecule has 252 valence electrons. The monoisotopic (exact) mass is 789 g/mol. The van der Waals surface area contributed by atoms with Crippen LogP contribution in [-0.2, 0) is 32.0 Å². The maximum atomic E-state index is 12.7. The molecule has 4 heterocycles. The van der Waals surface area contributed by atoms with Crippen molar-refractivity contribution in [3.8, 4) is 0 Å². The first-order chi connectivity index (χ1) is 21.7. The van der Waals surface area contributed by atoms with E-state index in [9.17, 15) is 28.8 Å². The molecule has 0 aromatic carbocycles. The summed E-state index contributed by atoms with van der Waals surface area (Å²) in [5.41, 5.74) is -1.25. The minimum Gasteiger partial charge on any atom is 0.0176 e. The normalized spacial score (nSPS) is 14.0. The van der Waals surface area contributed by atoms with Gasteiger partial charge in [-0.2, -0.15) is 0 Å². The number of aromatic nitrogens is 2. The molecule has 0 amide bonds. The van der Waals surface area contributed by atoms with E-state index in [4.69, 9.17) is 18.9 Å². The Morgan fingerprint density at radius 1 is 0.739 bits per heavy atom. The zero-order valence-electron chi connectivity index (χ0n) is 26.3. The summed E-state index contributed by atoms with van der Waals surface area (Å²) in [6.07, 6.45) is 1.94. The molecular weight excluding hydrogens is 751 g/mol. The van der Waals surface area contributed by atoms with Crippen LogP contribution in [0.25, 0.3) is 0 Å². The molecule has 0 atom stereocenters. The summed E-state index contributed by atoms with van der Waals surface area (Å²) < 4.78 is 23.6. The predicted octanol–water partition coefficient (Wildman–Crippen LogP) is 1.96. The van der Waals surface area contributed by atoms with Crippen molar-refractivity contribution in [1.82, 2.24) is 9.13 Å². The van der Waals surface area contributed by atoms with Crippen LogP contribution in [0.4, 0.5) is 9.59 Å². The Morgan fingerprint density at radius 3 is 1.87 bits per heavy atom. The zero-order valence-corrected chi connectivity index (χ0v) is 30.0. The molecule has 2 aromatic heterocycles. The van der Waals surface area contributed by atoms with Crippen molar-refractivity contribution in [2.45, 2.75) is 82.1 Å². The SMILES string of the molecule is CC(C)(CCCOC(=O)c1cc2n(c(=O)c1)CCS2)COC(=O)[I-]C(=O)OCCCC(C)(C)OC(=O)c1cc2n(c(=O)c1)CCS2. The Kier molecular flexibility index (Phi) is 12.4. The number of hydrogen-bond acceptors (Lipinski definition) is 12. The number of pyridine rings is 2. The molecule has 0 N–H and O–H groups in total. The minimum atomic E-state index is -1.65. The summed E-state index contributed by atoms with van der Waals surface area (Å²) in [7, 11) is 0. The third kappa shape index (κ3) is 10.4. The van der Waals surface area contributed by atoms with Gasteiger partial charge in [-0.3, -0.25) is 4.79 Å². The topological polar surface area (TPSA) is 149 Å². The summed E-state index contributed by atoms with van der Waals surface area (Å²) in [6.45, 7) is 8.89. The Labute approximate surface area is 285 Å². The Balaban J connectivity index is 1.08. The van der Waals surface area contributed by atoms with E-state index in [0.29, 0.717) is 38.8 Å². The second-order valence-electron chi connectivity index (χ2n) is 12.2. The van der Waals surface area contributed by atoms with Crippen molar-refractivity contribution in [2.24, 2.45) is 5.41 Å². The second kappa shape index (κ2) is 15.9. The van der Waals surface area contributed by atoms with E-state index in [2.05, 4.69) is 0 Å². The number of thioether (sulfide) groups is 2. The molecule has 12 nitrogen and oxygen atoms in total. The molecule has 0 saturated heterocycles. The molecule has 4 rings (SSSR count). The van der Waals surface area contributed by atoms with Gasteiger partial charge >= 0.3 is 241 Å². The molecule has 46 heavy (non-hydrogen) atoms. The van der Waals surface area contributed by atoms with Crippen LogP contribution < -0.4 is 32.3 Å². The Hall–Kier alpha value is -2.79. The summed E-state index contributed by atoms with van der Waals surface area (Å²) >= 11 is 1.40. The average Bonchev–Trinajstić information content (AvgIpc) is 3.67. The van der Waals surface area contributed by atoms with E-state index < -0.39 is 52.1 Å². The number of rotatable bonds is 15. The first-order valence-corrected chi connectivity index (χ1v) is 19.0. The summed E-state index contributed by atoms with van der Waals surface area (Å²) in [4.78, 5) is 73.9. The van der Waals surface area contributed by atoms with Crippen LogP contribution in [0.5, 0.6) is 0 Å². The molecule has 2 aliphatic rings. The maximum absolute atomic E-state index is 12.7. The van der Waals surface area contributed by atoms with Crippen molar-refractivity contribution in [3.63, 3.8) is 0 Å². The summed E-state index contributed by atoms with van der Waals surface area (Å²) in [5.74, 6) is 0.466. The smallest absolute Gasteiger partial charge is 0.0176 e. The number of halogens is 1. The van der Waals surface area contributed by atoms with Crippen molar-refractivity contribution in [3.05, 3.63) is 56.1 Å². The summed E-state index contributed by atoms with van der Waals surface area (Å²) in [6, 6.07) is 5.94. The van der Waals surface area contributed by atoms with Crippen LogP contribution in [0, 0.1) is 5.41 Å². The van der Waals surface area contributed by atoms with E-state index in [-0.39, 0.29) is 42.1 Å². The fourth-order valence-corrected chi connectivity index (χ4v) is 7.90. The van der Waals surface area contributed by atoms with E-state index in [1.54, 1.807) is 35.1 Å². The van der Waals surface area contributed by atoms with E-state index in [0.717, 1.165) is 21.6 Å². The van der Waals surface area contributed by atoms with Gasteiger partial charge in [0.1, 0.15) is 0 Å². The van der Waals surface area contributed by atoms with E-state index >= 15 is 0 Å². The molecule has 2 aromatic rings. The van der Waals surface area contributed by atoms with Gasteiger partial charge in [-0.05, 0) is 0 Å². The van der Waals surface area contributed by atoms with Gasteiger partial charge < -0.3 is 4.57 Å². The first-order valence-electron chi connectivity index (χ1n) is 14.9. The van der Waals surface area contributed by atoms with Crippen LogP contribution in [0.1, 0.15) is 74.1 Å². The van der Waals surface area contributed by atoms with Crippen LogP contribution in [-0.4, -0.2) is 66.0 Å². The standard InChI is InChI=1S/C31H38IN2O10S2/c1-30(2,7-5-11-41-26(37)20-15-22(35)33-9-13-45-24(33)17-20)19-43-29(40)32-28(39)42-12-6-8-31(3,4)44-27(38)21-16-23(36)34-10-14-46-25(34)18-21/h15-18H,5-14,19H2,1-4H3/q-1. The number of nitrogens with zero attached hydrogens (tertiary/aromatic N) is 2. The number of carbonyl (C=O) groups is 4. The van der Waals surface area contributed by atoms with Gasteiger partial charge in [-0.25, -0.2) is 0 Å². The Bertz CT molecular complexity index is 1600. The number of carbonyl (C=O) groups excluding carboxylic acids is 4. The molecule has 0 unspecified atom stereocenters. The minimum absolute atomic E-state index is 0.0626. The molecule has 15 heteroatoms. The van der Waals surface area contributed by atoms with Crippen molar-refractivity contribution in [1.29, 1.82) is 0 Å². The van der Waals surface area contributed by atoms with Gasteiger partial charge in [0.25, 0.3) is 0 Å². The fourth-order valence-electron chi connectivity index (χ4n) is 4.79. The number of esters is 2. The Morgan fingerprint density at radius 2 is 1.26 bits per heavy atom. The average molecular weight is 790 g/mol. The molecule has 0 fully saturated rings. The van der Waals surface area contributed by atoms with Gasteiger partial charge in [0, 0.05) is 24.6 Å². The van der Waals surface area contributed by atoms with Gasteiger partial charge in [-0.1, -0.05) is 0 Å². The third-order valence-electron chi connectivity index (χ3n) is 7.25. The van der Waals surface area contributed by atoms with E-state index in [1.807, 2.05) is 13.8 Å². The van der Waals surface area contributed by atoms with Gasteiger partial charge in [0.2, 0.25) is 0 Å². The zero-order chi connectivity index (χ0) is 33.5. The van der Waals surface area contributed by atoms with Crippen LogP contribution in [0.2, 0.25) is 0 Å². The first kappa shape index (κ1) is 36.1. The molecule has 0 spiro atoms. The summed E-state index contributed by atoms with van der Waals surface area (Å²) in [5, 5.41) is 1.51. The van der Waals surface area contributed by atoms with Crippen LogP contribution >= 0.6 is 23.5 Å². The van der Waals surface area contributed by atoms with Gasteiger partial charge in [0.05, 0.1) is 0 Å².